The van der Waals surface area contributed by atoms with Gasteiger partial charge in [0.1, 0.15) is 12.1 Å². The van der Waals surface area contributed by atoms with Crippen molar-refractivity contribution in [3.8, 4) is 0 Å². The van der Waals surface area contributed by atoms with E-state index in [1.165, 1.54) is 6.33 Å². The summed E-state index contributed by atoms with van der Waals surface area (Å²) in [7, 11) is 0. The Kier molecular flexibility index (Phi) is 4.14. The molecule has 1 aliphatic heterocycles. The lowest BCUT2D eigenvalue weighted by Crippen LogP contribution is -2.40. The maximum absolute atomic E-state index is 14.4. The Labute approximate surface area is 150 Å². The van der Waals surface area contributed by atoms with E-state index < -0.39 is 5.82 Å². The maximum atomic E-state index is 14.4. The molecule has 1 saturated heterocycles. The number of rotatable bonds is 2. The molecule has 1 atom stereocenters. The van der Waals surface area contributed by atoms with Crippen molar-refractivity contribution >= 4 is 11.7 Å². The molecule has 0 radical (unpaired) electrons. The zero-order valence-electron chi connectivity index (χ0n) is 14.8. The van der Waals surface area contributed by atoms with E-state index in [2.05, 4.69) is 15.1 Å². The fourth-order valence-electron chi connectivity index (χ4n) is 3.64. The van der Waals surface area contributed by atoms with Crippen molar-refractivity contribution < 1.29 is 9.18 Å². The monoisotopic (exact) mass is 353 g/mol. The van der Waals surface area contributed by atoms with Gasteiger partial charge in [-0.05, 0) is 44.4 Å². The highest BCUT2D eigenvalue weighted by Crippen LogP contribution is 2.28. The molecule has 2 aromatic heterocycles. The normalized spacial score (nSPS) is 17.7. The van der Waals surface area contributed by atoms with Gasteiger partial charge >= 0.3 is 0 Å². The highest BCUT2D eigenvalue weighted by atomic mass is 19.1. The van der Waals surface area contributed by atoms with Gasteiger partial charge in [0, 0.05) is 24.7 Å². The van der Waals surface area contributed by atoms with E-state index >= 15 is 0 Å². The predicted octanol–water partition coefficient (Wildman–Crippen LogP) is 2.90. The van der Waals surface area contributed by atoms with Crippen molar-refractivity contribution in [1.82, 2.24) is 24.5 Å². The quantitative estimate of drug-likeness (QED) is 0.711. The minimum Gasteiger partial charge on any atom is -0.338 e. The summed E-state index contributed by atoms with van der Waals surface area (Å²) in [6, 6.07) is 6.94. The van der Waals surface area contributed by atoms with Crippen LogP contribution in [0.25, 0.3) is 5.78 Å². The number of benzene rings is 1. The average molecular weight is 353 g/mol. The third-order valence-corrected chi connectivity index (χ3v) is 4.96. The number of nitrogens with zero attached hydrogens (tertiary/aromatic N) is 5. The first-order chi connectivity index (χ1) is 12.5. The molecule has 26 heavy (non-hydrogen) atoms. The number of carbonyl (C=O) groups is 1. The number of fused-ring (bicyclic) bond motifs is 1. The van der Waals surface area contributed by atoms with Gasteiger partial charge in [-0.25, -0.2) is 13.9 Å². The fourth-order valence-corrected chi connectivity index (χ4v) is 3.64. The van der Waals surface area contributed by atoms with Crippen LogP contribution in [0.5, 0.6) is 0 Å². The van der Waals surface area contributed by atoms with Crippen molar-refractivity contribution in [2.75, 3.05) is 13.1 Å². The molecular weight excluding hydrogens is 333 g/mol. The Balaban J connectivity index is 1.64. The van der Waals surface area contributed by atoms with E-state index in [1.807, 2.05) is 13.0 Å². The number of likely N-dealkylation sites (tertiary alicyclic amines) is 1. The van der Waals surface area contributed by atoms with Crippen LogP contribution in [0, 0.1) is 19.7 Å². The Morgan fingerprint density at radius 2 is 2.15 bits per heavy atom. The van der Waals surface area contributed by atoms with Gasteiger partial charge < -0.3 is 4.90 Å². The highest BCUT2D eigenvalue weighted by Gasteiger charge is 2.29. The maximum Gasteiger partial charge on any atom is 0.256 e. The van der Waals surface area contributed by atoms with Crippen LogP contribution in [0.2, 0.25) is 0 Å². The standard InChI is InChI=1S/C19H20FN5O/c1-12-5-3-7-15(17(12)20)18(26)24-8-4-6-14(10-24)16-9-13(2)23-19-21-11-22-25(16)19/h3,5,7,9,11,14H,4,6,8,10H2,1-2H3. The molecule has 0 saturated carbocycles. The number of piperidine rings is 1. The second-order valence-corrected chi connectivity index (χ2v) is 6.82. The van der Waals surface area contributed by atoms with Crippen molar-refractivity contribution in [2.45, 2.75) is 32.6 Å². The minimum absolute atomic E-state index is 0.117. The van der Waals surface area contributed by atoms with Crippen molar-refractivity contribution in [3.05, 3.63) is 58.9 Å². The van der Waals surface area contributed by atoms with Crippen LogP contribution >= 0.6 is 0 Å². The third-order valence-electron chi connectivity index (χ3n) is 4.96. The summed E-state index contributed by atoms with van der Waals surface area (Å²) >= 11 is 0. The number of aryl methyl sites for hydroxylation is 2. The highest BCUT2D eigenvalue weighted by molar-refractivity contribution is 5.94. The molecular formula is C19H20FN5O. The van der Waals surface area contributed by atoms with E-state index in [1.54, 1.807) is 34.5 Å². The van der Waals surface area contributed by atoms with Gasteiger partial charge in [-0.2, -0.15) is 10.1 Å². The van der Waals surface area contributed by atoms with Gasteiger partial charge in [0.15, 0.2) is 0 Å². The molecule has 1 aliphatic rings. The first-order valence-corrected chi connectivity index (χ1v) is 8.76. The zero-order valence-corrected chi connectivity index (χ0v) is 14.8. The number of hydrogen-bond donors (Lipinski definition) is 0. The zero-order chi connectivity index (χ0) is 18.3. The lowest BCUT2D eigenvalue weighted by molar-refractivity contribution is 0.0700. The Hall–Kier alpha value is -2.83. The molecule has 0 N–H and O–H groups in total. The molecule has 3 aromatic rings. The summed E-state index contributed by atoms with van der Waals surface area (Å²) < 4.78 is 16.1. The lowest BCUT2D eigenvalue weighted by atomic mass is 9.93. The molecule has 0 spiro atoms. The van der Waals surface area contributed by atoms with Crippen molar-refractivity contribution in [2.24, 2.45) is 0 Å². The summed E-state index contributed by atoms with van der Waals surface area (Å²) in [5.74, 6) is -0.00536. The van der Waals surface area contributed by atoms with Crippen LogP contribution in [0.3, 0.4) is 0 Å². The largest absolute Gasteiger partial charge is 0.338 e. The van der Waals surface area contributed by atoms with Crippen LogP contribution in [-0.4, -0.2) is 43.5 Å². The molecule has 1 unspecified atom stereocenters. The third kappa shape index (κ3) is 2.83. The summed E-state index contributed by atoms with van der Waals surface area (Å²) in [6.45, 7) is 4.76. The van der Waals surface area contributed by atoms with Crippen molar-refractivity contribution in [3.63, 3.8) is 0 Å². The lowest BCUT2D eigenvalue weighted by Gasteiger charge is -2.33. The number of halogens is 1. The molecule has 0 aliphatic carbocycles. The molecule has 134 valence electrons. The molecule has 4 rings (SSSR count). The first kappa shape index (κ1) is 16.6. The molecule has 1 amide bonds. The Morgan fingerprint density at radius 1 is 1.31 bits per heavy atom. The number of aromatic nitrogens is 4. The van der Waals surface area contributed by atoms with Gasteiger partial charge in [0.05, 0.1) is 11.3 Å². The van der Waals surface area contributed by atoms with E-state index in [9.17, 15) is 9.18 Å². The fraction of sp³-hybridized carbons (Fsp3) is 0.368. The smallest absolute Gasteiger partial charge is 0.256 e. The summed E-state index contributed by atoms with van der Waals surface area (Å²) in [5, 5.41) is 4.27. The molecule has 3 heterocycles. The average Bonchev–Trinajstić information content (AvgIpc) is 3.11. The second-order valence-electron chi connectivity index (χ2n) is 6.82. The van der Waals surface area contributed by atoms with E-state index in [4.69, 9.17) is 0 Å². The topological polar surface area (TPSA) is 63.4 Å². The van der Waals surface area contributed by atoms with Crippen LogP contribution in [0.1, 0.15) is 46.1 Å². The van der Waals surface area contributed by atoms with Gasteiger partial charge in [-0.15, -0.1) is 0 Å². The van der Waals surface area contributed by atoms with Gasteiger partial charge in [-0.1, -0.05) is 12.1 Å². The Bertz CT molecular complexity index is 983. The van der Waals surface area contributed by atoms with Crippen LogP contribution in [0.4, 0.5) is 4.39 Å². The van der Waals surface area contributed by atoms with Gasteiger partial charge in [0.2, 0.25) is 0 Å². The number of amides is 1. The van der Waals surface area contributed by atoms with Crippen LogP contribution < -0.4 is 0 Å². The molecule has 1 aromatic carbocycles. The second kappa shape index (κ2) is 6.48. The van der Waals surface area contributed by atoms with Gasteiger partial charge in [0.25, 0.3) is 11.7 Å². The van der Waals surface area contributed by atoms with Crippen LogP contribution in [-0.2, 0) is 0 Å². The van der Waals surface area contributed by atoms with E-state index in [0.29, 0.717) is 24.4 Å². The predicted molar refractivity (Wildman–Crippen MR) is 94.5 cm³/mol. The summed E-state index contributed by atoms with van der Waals surface area (Å²) in [4.78, 5) is 23.2. The van der Waals surface area contributed by atoms with E-state index in [0.717, 1.165) is 24.2 Å². The van der Waals surface area contributed by atoms with Crippen molar-refractivity contribution in [1.29, 1.82) is 0 Å². The summed E-state index contributed by atoms with van der Waals surface area (Å²) in [5.41, 5.74) is 2.49. The van der Waals surface area contributed by atoms with Gasteiger partial charge in [-0.3, -0.25) is 4.79 Å². The molecule has 7 heteroatoms. The minimum atomic E-state index is -0.432. The molecule has 6 nitrogen and oxygen atoms in total. The SMILES string of the molecule is Cc1cc(C2CCCN(C(=O)c3cccc(C)c3F)C2)n2ncnc2n1. The number of carbonyl (C=O) groups excluding carboxylic acids is 1. The molecule has 1 fully saturated rings. The first-order valence-electron chi connectivity index (χ1n) is 8.76. The summed E-state index contributed by atoms with van der Waals surface area (Å²) in [6.07, 6.45) is 3.29. The number of hydrogen-bond acceptors (Lipinski definition) is 4. The molecule has 0 bridgehead atoms. The van der Waals surface area contributed by atoms with E-state index in [-0.39, 0.29) is 17.4 Å². The Morgan fingerprint density at radius 3 is 3.00 bits per heavy atom. The van der Waals surface area contributed by atoms with Crippen LogP contribution in [0.15, 0.2) is 30.6 Å².